The molecular formula is C39H54O2P2. The van der Waals surface area contributed by atoms with Crippen molar-refractivity contribution in [2.24, 2.45) is 0 Å². The summed E-state index contributed by atoms with van der Waals surface area (Å²) in [6, 6.07) is 23.8. The second-order valence-electron chi connectivity index (χ2n) is 17.0. The Hall–Kier alpha value is -2.01. The summed E-state index contributed by atoms with van der Waals surface area (Å²) in [7, 11) is -2.94. The Morgan fingerprint density at radius 2 is 0.930 bits per heavy atom. The summed E-state index contributed by atoms with van der Waals surface area (Å²) >= 11 is 0. The normalized spacial score (nSPS) is 20.5. The maximum Gasteiger partial charge on any atom is 0.172 e. The fraction of sp³-hybridized carbons (Fsp3) is 0.538. The molecule has 4 rings (SSSR count). The number of hydrogen-bond donors (Lipinski definition) is 0. The van der Waals surface area contributed by atoms with Crippen molar-refractivity contribution in [3.63, 3.8) is 0 Å². The van der Waals surface area contributed by atoms with Gasteiger partial charge in [0.05, 0.1) is 0 Å². The lowest BCUT2D eigenvalue weighted by Crippen LogP contribution is -2.37. The molecular weight excluding hydrogens is 562 g/mol. The van der Waals surface area contributed by atoms with Gasteiger partial charge in [-0.1, -0.05) is 150 Å². The third-order valence-electron chi connectivity index (χ3n) is 9.50. The Bertz CT molecular complexity index is 1380. The van der Waals surface area contributed by atoms with E-state index in [1.54, 1.807) is 0 Å². The maximum atomic E-state index is 15.5. The molecule has 1 aliphatic heterocycles. The molecule has 0 bridgehead atoms. The lowest BCUT2D eigenvalue weighted by Gasteiger charge is -2.40. The fourth-order valence-corrected chi connectivity index (χ4v) is 11.7. The van der Waals surface area contributed by atoms with Crippen LogP contribution in [-0.2, 0) is 35.9 Å². The maximum absolute atomic E-state index is 15.5. The average Bonchev–Trinajstić information content (AvgIpc) is 3.30. The molecule has 2 atom stereocenters. The van der Waals surface area contributed by atoms with Crippen LogP contribution in [0.3, 0.4) is 0 Å². The van der Waals surface area contributed by atoms with Crippen LogP contribution in [0.2, 0.25) is 0 Å². The van der Waals surface area contributed by atoms with E-state index in [0.29, 0.717) is 6.16 Å². The zero-order chi connectivity index (χ0) is 32.2. The Morgan fingerprint density at radius 1 is 0.581 bits per heavy atom. The van der Waals surface area contributed by atoms with Crippen LogP contribution in [0.4, 0.5) is 0 Å². The fourth-order valence-electron chi connectivity index (χ4n) is 6.53. The monoisotopic (exact) mass is 616 g/mol. The first-order valence-electron chi connectivity index (χ1n) is 16.0. The number of rotatable bonds is 5. The van der Waals surface area contributed by atoms with Crippen molar-refractivity contribution < 1.29 is 9.13 Å². The van der Waals surface area contributed by atoms with Gasteiger partial charge in [-0.2, -0.15) is 0 Å². The molecule has 0 aromatic heterocycles. The summed E-state index contributed by atoms with van der Waals surface area (Å²) in [6.45, 7) is 27.0. The molecule has 1 heterocycles. The predicted octanol–water partition coefficient (Wildman–Crippen LogP) is 11.3. The Kier molecular flexibility index (Phi) is 8.99. The molecule has 0 N–H and O–H groups in total. The third kappa shape index (κ3) is 6.53. The quantitative estimate of drug-likeness (QED) is 0.267. The van der Waals surface area contributed by atoms with Crippen LogP contribution >= 0.6 is 15.6 Å². The molecule has 0 aliphatic carbocycles. The van der Waals surface area contributed by atoms with Crippen molar-refractivity contribution in [2.75, 3.05) is 6.16 Å². The molecule has 1 fully saturated rings. The van der Waals surface area contributed by atoms with Crippen molar-refractivity contribution >= 4 is 20.9 Å². The van der Waals surface area contributed by atoms with Crippen molar-refractivity contribution in [2.45, 2.75) is 128 Å². The molecule has 0 radical (unpaired) electrons. The topological polar surface area (TPSA) is 34.1 Å². The Morgan fingerprint density at radius 3 is 1.26 bits per heavy atom. The second kappa shape index (κ2) is 11.4. The molecule has 4 heteroatoms. The third-order valence-corrected chi connectivity index (χ3v) is 14.6. The second-order valence-corrected chi connectivity index (χ2v) is 21.0. The van der Waals surface area contributed by atoms with Gasteiger partial charge in [-0.25, -0.2) is 0 Å². The van der Waals surface area contributed by atoms with Crippen LogP contribution in [0.25, 0.3) is 0 Å². The SMILES string of the molecule is CC(C)(C)c1cc(C(C)(C)C)cc(C(P=O)(c2cc(C(C)(C)C)cc(C(C)(C)C)c2)C2CCCP2(=O)c2ccccc2)c1. The number of benzene rings is 3. The van der Waals surface area contributed by atoms with Gasteiger partial charge >= 0.3 is 0 Å². The van der Waals surface area contributed by atoms with Gasteiger partial charge in [0.25, 0.3) is 0 Å². The first-order chi connectivity index (χ1) is 19.6. The molecule has 3 aromatic rings. The highest BCUT2D eigenvalue weighted by Gasteiger charge is 2.55. The molecule has 2 nitrogen and oxygen atoms in total. The first-order valence-corrected chi connectivity index (χ1v) is 18.7. The molecule has 1 saturated heterocycles. The molecule has 0 saturated carbocycles. The van der Waals surface area contributed by atoms with Crippen LogP contribution in [0.5, 0.6) is 0 Å². The minimum Gasteiger partial charge on any atom is -0.318 e. The van der Waals surface area contributed by atoms with Crippen LogP contribution in [-0.4, -0.2) is 11.8 Å². The van der Waals surface area contributed by atoms with Gasteiger partial charge in [0.2, 0.25) is 0 Å². The van der Waals surface area contributed by atoms with E-state index in [1.807, 2.05) is 30.3 Å². The van der Waals surface area contributed by atoms with Gasteiger partial charge in [-0.3, -0.25) is 4.57 Å². The van der Waals surface area contributed by atoms with Crippen molar-refractivity contribution in [3.8, 4) is 0 Å². The molecule has 232 valence electrons. The van der Waals surface area contributed by atoms with Crippen LogP contribution in [0, 0.1) is 0 Å². The van der Waals surface area contributed by atoms with Gasteiger partial charge in [0.1, 0.15) is 12.3 Å². The smallest absolute Gasteiger partial charge is 0.172 e. The highest BCUT2D eigenvalue weighted by molar-refractivity contribution is 7.73. The summed E-state index contributed by atoms with van der Waals surface area (Å²) in [4.78, 5) is 0. The standard InChI is InChI=1S/C39H54O2P2/c1-35(2,3)27-21-28(36(4,5)6)24-31(23-27)39(42-40,34-19-16-20-43(34,41)33-17-14-13-15-18-33)32-25-29(37(7,8)9)22-30(26-32)38(10,11)12/h13-15,17-18,21-26,34H,16,19-20H2,1-12H3. The molecule has 2 unspecified atom stereocenters. The minimum atomic E-state index is -2.93. The predicted molar refractivity (Wildman–Crippen MR) is 188 cm³/mol. The molecule has 1 aliphatic rings. The molecule has 0 spiro atoms. The molecule has 3 aromatic carbocycles. The van der Waals surface area contributed by atoms with Gasteiger partial charge in [-0.05, 0) is 67.9 Å². The van der Waals surface area contributed by atoms with E-state index in [1.165, 1.54) is 22.3 Å². The van der Waals surface area contributed by atoms with Crippen LogP contribution in [0.15, 0.2) is 66.7 Å². The van der Waals surface area contributed by atoms with Crippen molar-refractivity contribution in [3.05, 3.63) is 100 Å². The van der Waals surface area contributed by atoms with Crippen LogP contribution in [0.1, 0.15) is 129 Å². The van der Waals surface area contributed by atoms with E-state index in [4.69, 9.17) is 0 Å². The molecule has 43 heavy (non-hydrogen) atoms. The molecule has 0 amide bonds. The summed E-state index contributed by atoms with van der Waals surface area (Å²) in [5.74, 6) is 0. The van der Waals surface area contributed by atoms with Gasteiger partial charge in [0.15, 0.2) is 8.46 Å². The highest BCUT2D eigenvalue weighted by Crippen LogP contribution is 2.67. The number of hydrogen-bond acceptors (Lipinski definition) is 2. The van der Waals surface area contributed by atoms with Crippen molar-refractivity contribution in [1.82, 2.24) is 0 Å². The van der Waals surface area contributed by atoms with E-state index in [9.17, 15) is 4.57 Å². The van der Waals surface area contributed by atoms with Gasteiger partial charge < -0.3 is 4.57 Å². The lowest BCUT2D eigenvalue weighted by atomic mass is 9.73. The lowest BCUT2D eigenvalue weighted by molar-refractivity contribution is 0.527. The summed E-state index contributed by atoms with van der Waals surface area (Å²) in [5.41, 5.74) is 6.22. The Labute approximate surface area is 264 Å². The largest absolute Gasteiger partial charge is 0.318 e. The minimum absolute atomic E-state index is 0.00530. The van der Waals surface area contributed by atoms with E-state index in [-0.39, 0.29) is 35.8 Å². The van der Waals surface area contributed by atoms with Crippen molar-refractivity contribution in [1.29, 1.82) is 0 Å². The summed E-state index contributed by atoms with van der Waals surface area (Å²) < 4.78 is 29.8. The first kappa shape index (κ1) is 33.9. The summed E-state index contributed by atoms with van der Waals surface area (Å²) in [5, 5.41) is -0.0544. The van der Waals surface area contributed by atoms with Gasteiger partial charge in [-0.15, -0.1) is 0 Å². The van der Waals surface area contributed by atoms with E-state index in [2.05, 4.69) is 119 Å². The van der Waals surface area contributed by atoms with E-state index < -0.39 is 12.3 Å². The highest BCUT2D eigenvalue weighted by atomic mass is 31.2. The zero-order valence-electron chi connectivity index (χ0n) is 28.8. The average molecular weight is 617 g/mol. The van der Waals surface area contributed by atoms with E-state index in [0.717, 1.165) is 29.3 Å². The van der Waals surface area contributed by atoms with Crippen LogP contribution < -0.4 is 5.30 Å². The van der Waals surface area contributed by atoms with Gasteiger partial charge in [0, 0.05) is 17.1 Å². The summed E-state index contributed by atoms with van der Waals surface area (Å²) in [6.07, 6.45) is 2.29. The Balaban J connectivity index is 2.21. The zero-order valence-corrected chi connectivity index (χ0v) is 30.5. The van der Waals surface area contributed by atoms with E-state index >= 15 is 4.57 Å².